The molecule has 0 aromatic carbocycles. The molecule has 0 saturated carbocycles. The lowest BCUT2D eigenvalue weighted by Crippen LogP contribution is -2.11. The first-order valence-electron chi connectivity index (χ1n) is 5.27. The first-order chi connectivity index (χ1) is 5.27. The summed E-state index contributed by atoms with van der Waals surface area (Å²) in [6.45, 7) is 2.29. The Morgan fingerprint density at radius 3 is 2.00 bits per heavy atom. The minimum absolute atomic E-state index is 0.0484. The molecule has 0 saturated heterocycles. The van der Waals surface area contributed by atoms with E-state index in [9.17, 15) is 0 Å². The van der Waals surface area contributed by atoms with E-state index in [1.807, 2.05) is 0 Å². The fraction of sp³-hybridized carbons (Fsp3) is 1.00. The molecular formula is C8H24Si3. The van der Waals surface area contributed by atoms with Crippen molar-refractivity contribution in [1.82, 2.24) is 0 Å². The number of unbranched alkanes of at least 4 members (excludes halogenated alkanes) is 5. The normalized spacial score (nSPS) is 13.9. The van der Waals surface area contributed by atoms with Gasteiger partial charge in [-0.2, -0.15) is 0 Å². The summed E-state index contributed by atoms with van der Waals surface area (Å²) in [5, 5.41) is 0. The summed E-state index contributed by atoms with van der Waals surface area (Å²) in [5.41, 5.74) is 0. The molecule has 0 aromatic rings. The first kappa shape index (κ1) is 11.7. The average molecular weight is 205 g/mol. The summed E-state index contributed by atoms with van der Waals surface area (Å²) in [4.78, 5) is 0. The maximum atomic E-state index is 2.29. The molecule has 0 amide bonds. The van der Waals surface area contributed by atoms with Crippen LogP contribution in [0.25, 0.3) is 0 Å². The third-order valence-corrected chi connectivity index (χ3v) is 7.16. The lowest BCUT2D eigenvalue weighted by Gasteiger charge is -2.02. The van der Waals surface area contributed by atoms with Crippen LogP contribution in [0.1, 0.15) is 45.4 Å². The van der Waals surface area contributed by atoms with Crippen molar-refractivity contribution in [3.63, 3.8) is 0 Å². The molecule has 0 aliphatic carbocycles. The van der Waals surface area contributed by atoms with E-state index in [1.165, 1.54) is 32.1 Å². The highest BCUT2D eigenvalue weighted by Crippen LogP contribution is 2.07. The first-order valence-corrected chi connectivity index (χ1v) is 15.3. The van der Waals surface area contributed by atoms with Gasteiger partial charge in [0.1, 0.15) is 0 Å². The second kappa shape index (κ2) is 8.74. The maximum absolute atomic E-state index is 2.29. The molecule has 11 heavy (non-hydrogen) atoms. The van der Waals surface area contributed by atoms with Crippen molar-refractivity contribution in [3.8, 4) is 0 Å². The quantitative estimate of drug-likeness (QED) is 0.413. The summed E-state index contributed by atoms with van der Waals surface area (Å²) in [6, 6.07) is 1.69. The van der Waals surface area contributed by atoms with Gasteiger partial charge in [-0.05, 0) is 19.5 Å². The summed E-state index contributed by atoms with van der Waals surface area (Å²) >= 11 is 0. The van der Waals surface area contributed by atoms with Crippen LogP contribution in [0.5, 0.6) is 0 Å². The zero-order valence-electron chi connectivity index (χ0n) is 8.53. The fourth-order valence-corrected chi connectivity index (χ4v) is 4.89. The van der Waals surface area contributed by atoms with E-state index in [4.69, 9.17) is 0 Å². The predicted octanol–water partition coefficient (Wildman–Crippen LogP) is 0.298. The zero-order valence-corrected chi connectivity index (χ0v) is 13.7. The van der Waals surface area contributed by atoms with Crippen LogP contribution < -0.4 is 0 Å². The molecule has 0 fully saturated rings. The van der Waals surface area contributed by atoms with Gasteiger partial charge in [-0.15, -0.1) is 0 Å². The molecule has 68 valence electrons. The Kier molecular flexibility index (Phi) is 9.26. The number of hydrogen-bond acceptors (Lipinski definition) is 0. The van der Waals surface area contributed by atoms with E-state index in [0.717, 1.165) is 0 Å². The summed E-state index contributed by atoms with van der Waals surface area (Å²) in [6.07, 6.45) is 8.96. The lowest BCUT2D eigenvalue weighted by molar-refractivity contribution is 0.624. The number of rotatable bonds is 7. The van der Waals surface area contributed by atoms with Crippen molar-refractivity contribution < 1.29 is 0 Å². The molecule has 0 atom stereocenters. The van der Waals surface area contributed by atoms with E-state index >= 15 is 0 Å². The monoisotopic (exact) mass is 204 g/mol. The third kappa shape index (κ3) is 10.7. The van der Waals surface area contributed by atoms with Crippen LogP contribution in [-0.2, 0) is 0 Å². The van der Waals surface area contributed by atoms with Gasteiger partial charge in [0, 0.05) is 7.83 Å². The largest absolute Gasteiger partial charge is 0.0654 e. The molecule has 0 aliphatic rings. The van der Waals surface area contributed by atoms with Crippen molar-refractivity contribution in [3.05, 3.63) is 0 Å². The lowest BCUT2D eigenvalue weighted by atomic mass is 10.1. The van der Waals surface area contributed by atoms with Gasteiger partial charge in [0.15, 0.2) is 0 Å². The fourth-order valence-electron chi connectivity index (χ4n) is 1.33. The highest BCUT2D eigenvalue weighted by molar-refractivity contribution is 7.29. The smallest absolute Gasteiger partial charge is 0.00529 e. The minimum atomic E-state index is 0.0484. The molecule has 0 heterocycles. The second-order valence-corrected chi connectivity index (χ2v) is 26.1. The Bertz CT molecular complexity index is 73.7. The van der Waals surface area contributed by atoms with Gasteiger partial charge in [0.2, 0.25) is 0 Å². The minimum Gasteiger partial charge on any atom is -0.0654 e. The van der Waals surface area contributed by atoms with E-state index in [0.29, 0.717) is 0 Å². The SMILES string of the molecule is CCCCCCCC[SiH]([SiH3])[SiH3]. The van der Waals surface area contributed by atoms with Crippen molar-refractivity contribution in [2.75, 3.05) is 0 Å². The van der Waals surface area contributed by atoms with Gasteiger partial charge in [0.25, 0.3) is 0 Å². The van der Waals surface area contributed by atoms with Crippen LogP contribution in [0.3, 0.4) is 0 Å². The van der Waals surface area contributed by atoms with Crippen LogP contribution in [0, 0.1) is 0 Å². The van der Waals surface area contributed by atoms with E-state index in [-0.39, 0.29) is 7.83 Å². The highest BCUT2D eigenvalue weighted by atomic mass is 29.5. The van der Waals surface area contributed by atoms with E-state index in [2.05, 4.69) is 6.92 Å². The molecule has 0 aliphatic heterocycles. The van der Waals surface area contributed by atoms with Gasteiger partial charge < -0.3 is 0 Å². The predicted molar refractivity (Wildman–Crippen MR) is 65.2 cm³/mol. The molecule has 0 aromatic heterocycles. The molecule has 0 radical (unpaired) electrons. The van der Waals surface area contributed by atoms with Crippen molar-refractivity contribution in [2.24, 2.45) is 0 Å². The molecule has 0 spiro atoms. The van der Waals surface area contributed by atoms with Gasteiger partial charge in [0.05, 0.1) is 0 Å². The van der Waals surface area contributed by atoms with E-state index in [1.54, 1.807) is 32.0 Å². The molecule has 0 bridgehead atoms. The van der Waals surface area contributed by atoms with Crippen LogP contribution in [0.4, 0.5) is 0 Å². The molecule has 3 heteroatoms. The summed E-state index contributed by atoms with van der Waals surface area (Å²) < 4.78 is 0. The average Bonchev–Trinajstić information content (AvgIpc) is 1.96. The second-order valence-electron chi connectivity index (χ2n) is 3.95. The van der Waals surface area contributed by atoms with Gasteiger partial charge in [-0.3, -0.25) is 0 Å². The summed E-state index contributed by atoms with van der Waals surface area (Å²) in [5.74, 6) is 0. The van der Waals surface area contributed by atoms with Gasteiger partial charge >= 0.3 is 0 Å². The van der Waals surface area contributed by atoms with Crippen molar-refractivity contribution >= 4 is 27.4 Å². The standard InChI is InChI=1S/C8H24Si3/c1-2-3-4-5-6-7-8-11(9)10/h11H,2-8H2,1,9-10H3. The van der Waals surface area contributed by atoms with Crippen LogP contribution in [-0.4, -0.2) is 27.4 Å². The Hall–Kier alpha value is 0.651. The Morgan fingerprint density at radius 1 is 0.909 bits per heavy atom. The van der Waals surface area contributed by atoms with Gasteiger partial charge in [-0.25, -0.2) is 0 Å². The maximum Gasteiger partial charge on any atom is 0.00529 e. The van der Waals surface area contributed by atoms with Crippen LogP contribution in [0.2, 0.25) is 6.04 Å². The van der Waals surface area contributed by atoms with Crippen LogP contribution in [0.15, 0.2) is 0 Å². The summed E-state index contributed by atoms with van der Waals surface area (Å²) in [7, 11) is 3.23. The van der Waals surface area contributed by atoms with Gasteiger partial charge in [-0.1, -0.05) is 51.5 Å². The molecule has 0 unspecified atom stereocenters. The highest BCUT2D eigenvalue weighted by Gasteiger charge is 1.94. The Balaban J connectivity index is 2.80. The van der Waals surface area contributed by atoms with Crippen molar-refractivity contribution in [1.29, 1.82) is 0 Å². The van der Waals surface area contributed by atoms with Crippen molar-refractivity contribution in [2.45, 2.75) is 51.5 Å². The third-order valence-electron chi connectivity index (χ3n) is 2.14. The topological polar surface area (TPSA) is 0 Å². The Morgan fingerprint density at radius 2 is 1.45 bits per heavy atom. The van der Waals surface area contributed by atoms with Crippen LogP contribution >= 0.6 is 0 Å². The Labute approximate surface area is 79.2 Å². The zero-order chi connectivity index (χ0) is 8.53. The molecule has 0 N–H and O–H groups in total. The number of hydrogen-bond donors (Lipinski definition) is 0. The molecule has 0 rings (SSSR count). The van der Waals surface area contributed by atoms with E-state index < -0.39 is 0 Å². The molecule has 0 nitrogen and oxygen atoms in total. The molecular weight excluding hydrogens is 180 g/mol.